The normalized spacial score (nSPS) is 9.92. The van der Waals surface area contributed by atoms with Crippen LogP contribution in [0.1, 0.15) is 11.1 Å². The SMILES string of the molecule is COc1ccc(COC(=O)C(=O)OCc2ccc(OC)cc2)cc1. The minimum atomic E-state index is -1.03. The molecule has 0 fully saturated rings. The predicted molar refractivity (Wildman–Crippen MR) is 85.6 cm³/mol. The summed E-state index contributed by atoms with van der Waals surface area (Å²) in [4.78, 5) is 23.2. The average molecular weight is 330 g/mol. The first-order chi connectivity index (χ1) is 11.6. The number of carbonyl (C=O) groups excluding carboxylic acids is 2. The van der Waals surface area contributed by atoms with Crippen LogP contribution in [0.25, 0.3) is 0 Å². The standard InChI is InChI=1S/C18H18O6/c1-21-15-7-3-13(4-8-15)11-23-17(19)18(20)24-12-14-5-9-16(22-2)10-6-14/h3-10H,11-12H2,1-2H3. The fourth-order valence-electron chi connectivity index (χ4n) is 1.86. The lowest BCUT2D eigenvalue weighted by molar-refractivity contribution is -0.169. The second-order valence-electron chi connectivity index (χ2n) is 4.85. The van der Waals surface area contributed by atoms with Crippen molar-refractivity contribution in [3.63, 3.8) is 0 Å². The molecule has 0 atom stereocenters. The summed E-state index contributed by atoms with van der Waals surface area (Å²) in [7, 11) is 3.13. The molecule has 0 N–H and O–H groups in total. The minimum absolute atomic E-state index is 0.0134. The molecule has 2 rings (SSSR count). The van der Waals surface area contributed by atoms with Crippen LogP contribution in [-0.4, -0.2) is 26.2 Å². The van der Waals surface area contributed by atoms with Crippen molar-refractivity contribution in [2.24, 2.45) is 0 Å². The van der Waals surface area contributed by atoms with Crippen LogP contribution in [0.4, 0.5) is 0 Å². The van der Waals surface area contributed by atoms with E-state index in [1.807, 2.05) is 0 Å². The second-order valence-corrected chi connectivity index (χ2v) is 4.85. The molecule has 126 valence electrons. The van der Waals surface area contributed by atoms with Crippen LogP contribution >= 0.6 is 0 Å². The Morgan fingerprint density at radius 2 is 1.00 bits per heavy atom. The van der Waals surface area contributed by atoms with Gasteiger partial charge in [-0.2, -0.15) is 0 Å². The molecular formula is C18H18O6. The summed E-state index contributed by atoms with van der Waals surface area (Å²) in [6.07, 6.45) is 0. The summed E-state index contributed by atoms with van der Waals surface area (Å²) in [5.74, 6) is -0.661. The van der Waals surface area contributed by atoms with Crippen molar-refractivity contribution in [1.29, 1.82) is 0 Å². The fourth-order valence-corrected chi connectivity index (χ4v) is 1.86. The summed E-state index contributed by atoms with van der Waals surface area (Å²) >= 11 is 0. The van der Waals surface area contributed by atoms with E-state index >= 15 is 0 Å². The molecule has 24 heavy (non-hydrogen) atoms. The molecule has 2 aromatic carbocycles. The van der Waals surface area contributed by atoms with E-state index in [2.05, 4.69) is 0 Å². The Bertz CT molecular complexity index is 614. The summed E-state index contributed by atoms with van der Waals surface area (Å²) < 4.78 is 19.9. The molecule has 0 aliphatic heterocycles. The van der Waals surface area contributed by atoms with E-state index in [0.29, 0.717) is 11.5 Å². The number of benzene rings is 2. The Hall–Kier alpha value is -3.02. The van der Waals surface area contributed by atoms with Crippen LogP contribution in [0.3, 0.4) is 0 Å². The summed E-state index contributed by atoms with van der Waals surface area (Å²) in [6, 6.07) is 13.9. The van der Waals surface area contributed by atoms with Gasteiger partial charge in [0.05, 0.1) is 14.2 Å². The Balaban J connectivity index is 1.77. The highest BCUT2D eigenvalue weighted by Crippen LogP contribution is 2.13. The highest BCUT2D eigenvalue weighted by atomic mass is 16.6. The lowest BCUT2D eigenvalue weighted by Gasteiger charge is -2.07. The third kappa shape index (κ3) is 5.01. The molecule has 0 aromatic heterocycles. The molecule has 0 unspecified atom stereocenters. The largest absolute Gasteiger partial charge is 0.497 e. The number of esters is 2. The topological polar surface area (TPSA) is 71.1 Å². The molecule has 0 saturated heterocycles. The van der Waals surface area contributed by atoms with Gasteiger partial charge >= 0.3 is 11.9 Å². The van der Waals surface area contributed by atoms with Crippen molar-refractivity contribution in [3.05, 3.63) is 59.7 Å². The van der Waals surface area contributed by atoms with Crippen molar-refractivity contribution in [2.75, 3.05) is 14.2 Å². The summed E-state index contributed by atoms with van der Waals surface area (Å²) in [6.45, 7) is -0.0269. The highest BCUT2D eigenvalue weighted by Gasteiger charge is 2.17. The van der Waals surface area contributed by atoms with Crippen LogP contribution in [0.15, 0.2) is 48.5 Å². The molecule has 0 aliphatic carbocycles. The first-order valence-electron chi connectivity index (χ1n) is 7.22. The molecule has 0 heterocycles. The number of hydrogen-bond donors (Lipinski definition) is 0. The Kier molecular flexibility index (Phi) is 6.19. The number of methoxy groups -OCH3 is 2. The van der Waals surface area contributed by atoms with E-state index < -0.39 is 11.9 Å². The zero-order valence-corrected chi connectivity index (χ0v) is 13.5. The molecule has 0 spiro atoms. The Morgan fingerprint density at radius 3 is 1.29 bits per heavy atom. The molecule has 2 aromatic rings. The molecular weight excluding hydrogens is 312 g/mol. The molecule has 0 radical (unpaired) electrons. The number of hydrogen-bond acceptors (Lipinski definition) is 6. The monoisotopic (exact) mass is 330 g/mol. The maximum Gasteiger partial charge on any atom is 0.417 e. The predicted octanol–water partition coefficient (Wildman–Crippen LogP) is 2.49. The molecule has 6 nitrogen and oxygen atoms in total. The lowest BCUT2D eigenvalue weighted by Crippen LogP contribution is -2.20. The van der Waals surface area contributed by atoms with Gasteiger partial charge in [0.25, 0.3) is 0 Å². The minimum Gasteiger partial charge on any atom is -0.497 e. The Morgan fingerprint density at radius 1 is 0.667 bits per heavy atom. The van der Waals surface area contributed by atoms with Gasteiger partial charge in [0.1, 0.15) is 24.7 Å². The van der Waals surface area contributed by atoms with Gasteiger partial charge in [-0.15, -0.1) is 0 Å². The van der Waals surface area contributed by atoms with Crippen molar-refractivity contribution in [3.8, 4) is 11.5 Å². The van der Waals surface area contributed by atoms with Crippen LogP contribution in [0.2, 0.25) is 0 Å². The van der Waals surface area contributed by atoms with Gasteiger partial charge in [0.2, 0.25) is 0 Å². The quantitative estimate of drug-likeness (QED) is 0.599. The van der Waals surface area contributed by atoms with Crippen LogP contribution < -0.4 is 9.47 Å². The summed E-state index contributed by atoms with van der Waals surface area (Å²) in [5.41, 5.74) is 1.49. The second kappa shape index (κ2) is 8.57. The van der Waals surface area contributed by atoms with Gasteiger partial charge in [-0.25, -0.2) is 9.59 Å². The van der Waals surface area contributed by atoms with Crippen LogP contribution in [-0.2, 0) is 32.3 Å². The van der Waals surface area contributed by atoms with Gasteiger partial charge in [0.15, 0.2) is 0 Å². The molecule has 6 heteroatoms. The van der Waals surface area contributed by atoms with E-state index in [4.69, 9.17) is 18.9 Å². The van der Waals surface area contributed by atoms with E-state index in [0.717, 1.165) is 11.1 Å². The Labute approximate surface area is 139 Å². The lowest BCUT2D eigenvalue weighted by atomic mass is 10.2. The zero-order valence-electron chi connectivity index (χ0n) is 13.5. The van der Waals surface area contributed by atoms with Crippen molar-refractivity contribution < 1.29 is 28.5 Å². The van der Waals surface area contributed by atoms with Gasteiger partial charge < -0.3 is 18.9 Å². The highest BCUT2D eigenvalue weighted by molar-refractivity contribution is 6.29. The van der Waals surface area contributed by atoms with Gasteiger partial charge in [0, 0.05) is 0 Å². The van der Waals surface area contributed by atoms with E-state index in [9.17, 15) is 9.59 Å². The van der Waals surface area contributed by atoms with Crippen LogP contribution in [0.5, 0.6) is 11.5 Å². The van der Waals surface area contributed by atoms with Crippen molar-refractivity contribution >= 4 is 11.9 Å². The molecule has 0 saturated carbocycles. The maximum atomic E-state index is 11.6. The van der Waals surface area contributed by atoms with Gasteiger partial charge in [-0.05, 0) is 35.4 Å². The molecule has 0 amide bonds. The van der Waals surface area contributed by atoms with Gasteiger partial charge in [-0.1, -0.05) is 24.3 Å². The van der Waals surface area contributed by atoms with Crippen LogP contribution in [0, 0.1) is 0 Å². The number of ether oxygens (including phenoxy) is 4. The number of carbonyl (C=O) groups is 2. The number of rotatable bonds is 6. The van der Waals surface area contributed by atoms with Gasteiger partial charge in [-0.3, -0.25) is 0 Å². The van der Waals surface area contributed by atoms with E-state index in [-0.39, 0.29) is 13.2 Å². The summed E-state index contributed by atoms with van der Waals surface area (Å²) in [5, 5.41) is 0. The van der Waals surface area contributed by atoms with E-state index in [1.165, 1.54) is 0 Å². The smallest absolute Gasteiger partial charge is 0.417 e. The first-order valence-corrected chi connectivity index (χ1v) is 7.22. The maximum absolute atomic E-state index is 11.6. The third-order valence-electron chi connectivity index (χ3n) is 3.22. The average Bonchev–Trinajstić information content (AvgIpc) is 2.64. The third-order valence-corrected chi connectivity index (χ3v) is 3.22. The van der Waals surface area contributed by atoms with Crippen molar-refractivity contribution in [2.45, 2.75) is 13.2 Å². The molecule has 0 aliphatic rings. The van der Waals surface area contributed by atoms with E-state index in [1.54, 1.807) is 62.8 Å². The fraction of sp³-hybridized carbons (Fsp3) is 0.222. The first kappa shape index (κ1) is 17.3. The zero-order chi connectivity index (χ0) is 17.4. The van der Waals surface area contributed by atoms with Crippen molar-refractivity contribution in [1.82, 2.24) is 0 Å². The molecule has 0 bridgehead atoms.